The average molecular weight is 262 g/mol. The zero-order chi connectivity index (χ0) is 14.0. The number of hydrogen-bond acceptors (Lipinski definition) is 2. The second-order valence-corrected chi connectivity index (χ2v) is 10.7. The Morgan fingerprint density at radius 2 is 1.94 bits per heavy atom. The molecule has 0 saturated carbocycles. The quantitative estimate of drug-likeness (QED) is 0.664. The van der Waals surface area contributed by atoms with E-state index in [9.17, 15) is 5.11 Å². The van der Waals surface area contributed by atoms with Gasteiger partial charge in [0.25, 0.3) is 0 Å². The van der Waals surface area contributed by atoms with Crippen molar-refractivity contribution in [3.8, 4) is 18.1 Å². The number of aliphatic hydroxyl groups is 1. The predicted molar refractivity (Wildman–Crippen MR) is 78.1 cm³/mol. The molecule has 1 aromatic rings. The fraction of sp³-hybridized carbons (Fsp3) is 0.467. The van der Waals surface area contributed by atoms with Crippen LogP contribution >= 0.6 is 0 Å². The minimum absolute atomic E-state index is 0.147. The minimum Gasteiger partial charge on any atom is -0.543 e. The van der Waals surface area contributed by atoms with Crippen molar-refractivity contribution in [2.24, 2.45) is 0 Å². The van der Waals surface area contributed by atoms with Gasteiger partial charge in [-0.15, -0.1) is 6.42 Å². The van der Waals surface area contributed by atoms with Crippen molar-refractivity contribution < 1.29 is 9.53 Å². The van der Waals surface area contributed by atoms with Crippen LogP contribution in [0.25, 0.3) is 0 Å². The van der Waals surface area contributed by atoms with E-state index in [0.29, 0.717) is 5.56 Å². The van der Waals surface area contributed by atoms with Gasteiger partial charge >= 0.3 is 0 Å². The van der Waals surface area contributed by atoms with Crippen molar-refractivity contribution in [1.29, 1.82) is 0 Å². The topological polar surface area (TPSA) is 29.5 Å². The van der Waals surface area contributed by atoms with Crippen LogP contribution in [0.4, 0.5) is 0 Å². The van der Waals surface area contributed by atoms with Gasteiger partial charge in [-0.1, -0.05) is 38.8 Å². The van der Waals surface area contributed by atoms with E-state index in [-0.39, 0.29) is 5.04 Å². The zero-order valence-electron chi connectivity index (χ0n) is 11.8. The molecule has 0 saturated heterocycles. The van der Waals surface area contributed by atoms with E-state index < -0.39 is 14.4 Å². The molecule has 2 nitrogen and oxygen atoms in total. The molecule has 18 heavy (non-hydrogen) atoms. The van der Waals surface area contributed by atoms with Crippen LogP contribution in [0.2, 0.25) is 18.1 Å². The lowest BCUT2D eigenvalue weighted by atomic mass is 10.1. The number of hydrogen-bond donors (Lipinski definition) is 1. The molecule has 0 aliphatic heterocycles. The van der Waals surface area contributed by atoms with Gasteiger partial charge in [0.2, 0.25) is 8.32 Å². The highest BCUT2D eigenvalue weighted by atomic mass is 28.4. The molecule has 0 bridgehead atoms. The van der Waals surface area contributed by atoms with E-state index in [1.54, 1.807) is 0 Å². The standard InChI is InChI=1S/C15H22O2Si/c1-7-14(16)12-9-8-10-13(11-12)17-18(5,6)15(2,3)4/h1,8-11,14,16H,2-6H3. The summed E-state index contributed by atoms with van der Waals surface area (Å²) < 4.78 is 6.16. The Morgan fingerprint density at radius 3 is 2.44 bits per heavy atom. The van der Waals surface area contributed by atoms with Crippen LogP contribution in [0.5, 0.6) is 5.75 Å². The molecule has 1 aromatic carbocycles. The van der Waals surface area contributed by atoms with Crippen LogP contribution in [-0.2, 0) is 0 Å². The van der Waals surface area contributed by atoms with Crippen LogP contribution in [0.15, 0.2) is 24.3 Å². The van der Waals surface area contributed by atoms with Crippen LogP contribution in [0.3, 0.4) is 0 Å². The Hall–Kier alpha value is -1.24. The van der Waals surface area contributed by atoms with E-state index in [1.165, 1.54) is 0 Å². The summed E-state index contributed by atoms with van der Waals surface area (Å²) in [6.45, 7) is 11.0. The number of benzene rings is 1. The highest BCUT2D eigenvalue weighted by molar-refractivity contribution is 6.74. The number of rotatable bonds is 3. The van der Waals surface area contributed by atoms with Crippen LogP contribution in [0.1, 0.15) is 32.4 Å². The normalized spacial score (nSPS) is 13.8. The van der Waals surface area contributed by atoms with Crippen molar-refractivity contribution in [1.82, 2.24) is 0 Å². The second-order valence-electron chi connectivity index (χ2n) is 6.00. The van der Waals surface area contributed by atoms with Gasteiger partial charge in [0, 0.05) is 0 Å². The van der Waals surface area contributed by atoms with Gasteiger partial charge in [-0.05, 0) is 35.8 Å². The molecule has 0 fully saturated rings. The van der Waals surface area contributed by atoms with Gasteiger partial charge in [0.05, 0.1) is 0 Å². The lowest BCUT2D eigenvalue weighted by Crippen LogP contribution is -2.43. The van der Waals surface area contributed by atoms with Crippen LogP contribution in [0, 0.1) is 12.3 Å². The Balaban J connectivity index is 2.97. The third-order valence-electron chi connectivity index (χ3n) is 3.51. The molecular weight excluding hydrogens is 240 g/mol. The molecule has 0 amide bonds. The summed E-state index contributed by atoms with van der Waals surface area (Å²) in [5.74, 6) is 3.10. The van der Waals surface area contributed by atoms with Crippen molar-refractivity contribution in [3.63, 3.8) is 0 Å². The van der Waals surface area contributed by atoms with Crippen molar-refractivity contribution in [3.05, 3.63) is 29.8 Å². The van der Waals surface area contributed by atoms with E-state index in [0.717, 1.165) is 5.75 Å². The fourth-order valence-corrected chi connectivity index (χ4v) is 2.31. The third-order valence-corrected chi connectivity index (χ3v) is 7.87. The van der Waals surface area contributed by atoms with Crippen molar-refractivity contribution in [2.45, 2.75) is 45.0 Å². The smallest absolute Gasteiger partial charge is 0.250 e. The van der Waals surface area contributed by atoms with Gasteiger partial charge in [0.1, 0.15) is 11.9 Å². The van der Waals surface area contributed by atoms with E-state index in [1.807, 2.05) is 24.3 Å². The van der Waals surface area contributed by atoms with E-state index in [2.05, 4.69) is 39.8 Å². The summed E-state index contributed by atoms with van der Waals surface area (Å²) in [6, 6.07) is 7.40. The van der Waals surface area contributed by atoms with Crippen molar-refractivity contribution in [2.75, 3.05) is 0 Å². The fourth-order valence-electron chi connectivity index (χ4n) is 1.29. The molecule has 1 atom stereocenters. The molecule has 1 N–H and O–H groups in total. The third kappa shape index (κ3) is 3.38. The van der Waals surface area contributed by atoms with Crippen LogP contribution in [-0.4, -0.2) is 13.4 Å². The molecule has 0 heterocycles. The molecule has 1 rings (SSSR count). The molecule has 0 aliphatic carbocycles. The summed E-state index contributed by atoms with van der Waals surface area (Å²) >= 11 is 0. The zero-order valence-corrected chi connectivity index (χ0v) is 12.8. The highest BCUT2D eigenvalue weighted by Gasteiger charge is 2.38. The summed E-state index contributed by atoms with van der Waals surface area (Å²) in [7, 11) is -1.85. The maximum atomic E-state index is 9.63. The average Bonchev–Trinajstić information content (AvgIpc) is 2.26. The second kappa shape index (κ2) is 5.17. The lowest BCUT2D eigenvalue weighted by Gasteiger charge is -2.36. The Labute approximate surface area is 111 Å². The number of terminal acetylenes is 1. The van der Waals surface area contributed by atoms with Gasteiger partial charge in [0.15, 0.2) is 0 Å². The summed E-state index contributed by atoms with van der Waals surface area (Å²) in [5, 5.41) is 9.78. The molecule has 0 aromatic heterocycles. The molecule has 1 unspecified atom stereocenters. The molecule has 98 valence electrons. The predicted octanol–water partition coefficient (Wildman–Crippen LogP) is 3.74. The van der Waals surface area contributed by atoms with Gasteiger partial charge < -0.3 is 9.53 Å². The molecule has 0 radical (unpaired) electrons. The first kappa shape index (κ1) is 14.8. The Bertz CT molecular complexity index is 452. The molecule has 0 aliphatic rings. The summed E-state index contributed by atoms with van der Waals surface area (Å²) in [4.78, 5) is 0. The molecule has 0 spiro atoms. The largest absolute Gasteiger partial charge is 0.543 e. The maximum Gasteiger partial charge on any atom is 0.250 e. The van der Waals surface area contributed by atoms with Gasteiger partial charge in [-0.25, -0.2) is 0 Å². The SMILES string of the molecule is C#CC(O)c1cccc(O[Si](C)(C)C(C)(C)C)c1. The first-order chi connectivity index (χ1) is 8.17. The first-order valence-electron chi connectivity index (χ1n) is 6.10. The first-order valence-corrected chi connectivity index (χ1v) is 9.01. The van der Waals surface area contributed by atoms with E-state index >= 15 is 0 Å². The summed E-state index contributed by atoms with van der Waals surface area (Å²) in [5.41, 5.74) is 0.703. The molecule has 3 heteroatoms. The monoisotopic (exact) mass is 262 g/mol. The van der Waals surface area contributed by atoms with Gasteiger partial charge in [-0.2, -0.15) is 0 Å². The molecular formula is C15H22O2Si. The maximum absolute atomic E-state index is 9.63. The van der Waals surface area contributed by atoms with E-state index in [4.69, 9.17) is 10.8 Å². The Morgan fingerprint density at radius 1 is 1.33 bits per heavy atom. The summed E-state index contributed by atoms with van der Waals surface area (Å²) in [6.07, 6.45) is 4.35. The lowest BCUT2D eigenvalue weighted by molar-refractivity contribution is 0.238. The van der Waals surface area contributed by atoms with Crippen LogP contribution < -0.4 is 4.43 Å². The van der Waals surface area contributed by atoms with Crippen molar-refractivity contribution >= 4 is 8.32 Å². The Kier molecular flexibility index (Phi) is 4.26. The highest BCUT2D eigenvalue weighted by Crippen LogP contribution is 2.37. The number of aliphatic hydroxyl groups excluding tert-OH is 1. The minimum atomic E-state index is -1.85. The van der Waals surface area contributed by atoms with Gasteiger partial charge in [-0.3, -0.25) is 0 Å².